The second kappa shape index (κ2) is 5.25. The Kier molecular flexibility index (Phi) is 3.47. The second-order valence-electron chi connectivity index (χ2n) is 5.42. The molecule has 0 radical (unpaired) electrons. The van der Waals surface area contributed by atoms with Crippen molar-refractivity contribution in [1.29, 1.82) is 0 Å². The molecule has 3 heteroatoms. The zero-order valence-corrected chi connectivity index (χ0v) is 11.6. The molecule has 1 aliphatic carbocycles. The molecule has 19 heavy (non-hydrogen) atoms. The fourth-order valence-corrected chi connectivity index (χ4v) is 2.47. The molecule has 1 atom stereocenters. The van der Waals surface area contributed by atoms with Crippen LogP contribution >= 0.6 is 0 Å². The summed E-state index contributed by atoms with van der Waals surface area (Å²) in [5.41, 5.74) is 2.34. The van der Waals surface area contributed by atoms with E-state index in [0.29, 0.717) is 0 Å². The minimum atomic E-state index is 0.274. The summed E-state index contributed by atoms with van der Waals surface area (Å²) in [5.74, 6) is 1.93. The van der Waals surface area contributed by atoms with Crippen LogP contribution in [0.15, 0.2) is 18.2 Å². The number of benzene rings is 1. The molecule has 1 unspecified atom stereocenters. The maximum atomic E-state index is 5.80. The van der Waals surface area contributed by atoms with E-state index < -0.39 is 0 Å². The first-order valence-electron chi connectivity index (χ1n) is 7.04. The third kappa shape index (κ3) is 2.92. The Morgan fingerprint density at radius 1 is 1.42 bits per heavy atom. The Hall–Kier alpha value is -1.48. The monoisotopic (exact) mass is 259 g/mol. The van der Waals surface area contributed by atoms with E-state index in [1.807, 2.05) is 0 Å². The number of fused-ring (bicyclic) bond motifs is 1. The molecule has 102 valence electrons. The molecular weight excluding hydrogens is 238 g/mol. The molecular formula is C16H21NO2. The van der Waals surface area contributed by atoms with Crippen molar-refractivity contribution in [3.05, 3.63) is 29.3 Å². The average Bonchev–Trinajstić information content (AvgIpc) is 3.14. The lowest BCUT2D eigenvalue weighted by molar-refractivity contribution is 0.254. The van der Waals surface area contributed by atoms with Gasteiger partial charge in [0.1, 0.15) is 17.6 Å². The fraction of sp³-hybridized carbons (Fsp3) is 0.500. The third-order valence-electron chi connectivity index (χ3n) is 3.65. The van der Waals surface area contributed by atoms with Gasteiger partial charge in [-0.2, -0.15) is 0 Å². The van der Waals surface area contributed by atoms with Crippen LogP contribution in [0, 0.1) is 0 Å². The van der Waals surface area contributed by atoms with Crippen molar-refractivity contribution in [2.45, 2.75) is 38.3 Å². The summed E-state index contributed by atoms with van der Waals surface area (Å²) < 4.78 is 11.3. The maximum Gasteiger partial charge on any atom is 0.126 e. The summed E-state index contributed by atoms with van der Waals surface area (Å²) in [6.07, 6.45) is 8.15. The summed E-state index contributed by atoms with van der Waals surface area (Å²) in [5, 5.41) is 3.46. The van der Waals surface area contributed by atoms with Crippen molar-refractivity contribution < 1.29 is 9.47 Å². The van der Waals surface area contributed by atoms with Gasteiger partial charge in [-0.05, 0) is 31.9 Å². The van der Waals surface area contributed by atoms with E-state index in [-0.39, 0.29) is 6.10 Å². The van der Waals surface area contributed by atoms with Gasteiger partial charge in [0.05, 0.1) is 7.11 Å². The van der Waals surface area contributed by atoms with Gasteiger partial charge in [0.25, 0.3) is 0 Å². The standard InChI is InChI=1S/C16H21NO2/c1-11-8-13-10-15(18-2)12(9-16(13)19-11)4-3-7-17-14-5-6-14/h3-4,9-11,14,17H,5-8H2,1-2H3/b4-3+. The molecule has 3 rings (SSSR count). The number of nitrogens with one attached hydrogen (secondary N) is 1. The van der Waals surface area contributed by atoms with Gasteiger partial charge in [-0.25, -0.2) is 0 Å². The highest BCUT2D eigenvalue weighted by molar-refractivity contribution is 5.62. The minimum absolute atomic E-state index is 0.274. The lowest BCUT2D eigenvalue weighted by atomic mass is 10.1. The molecule has 1 fully saturated rings. The van der Waals surface area contributed by atoms with Crippen LogP contribution in [0.4, 0.5) is 0 Å². The zero-order chi connectivity index (χ0) is 13.2. The van der Waals surface area contributed by atoms with Crippen LogP contribution in [0.2, 0.25) is 0 Å². The largest absolute Gasteiger partial charge is 0.496 e. The molecule has 3 nitrogen and oxygen atoms in total. The van der Waals surface area contributed by atoms with Gasteiger partial charge in [0, 0.05) is 30.1 Å². The highest BCUT2D eigenvalue weighted by atomic mass is 16.5. The van der Waals surface area contributed by atoms with Crippen LogP contribution < -0.4 is 14.8 Å². The molecule has 0 saturated heterocycles. The van der Waals surface area contributed by atoms with Gasteiger partial charge in [0.2, 0.25) is 0 Å². The fourth-order valence-electron chi connectivity index (χ4n) is 2.47. The van der Waals surface area contributed by atoms with Gasteiger partial charge >= 0.3 is 0 Å². The molecule has 1 aliphatic heterocycles. The third-order valence-corrected chi connectivity index (χ3v) is 3.65. The van der Waals surface area contributed by atoms with Crippen LogP contribution in [-0.4, -0.2) is 25.8 Å². The Morgan fingerprint density at radius 2 is 2.26 bits per heavy atom. The normalized spacial score (nSPS) is 21.5. The molecule has 0 bridgehead atoms. The zero-order valence-electron chi connectivity index (χ0n) is 11.6. The molecule has 1 saturated carbocycles. The lowest BCUT2D eigenvalue weighted by Crippen LogP contribution is -2.15. The van der Waals surface area contributed by atoms with Gasteiger partial charge in [0.15, 0.2) is 0 Å². The summed E-state index contributed by atoms with van der Waals surface area (Å²) in [6, 6.07) is 4.94. The predicted molar refractivity (Wildman–Crippen MR) is 76.8 cm³/mol. The van der Waals surface area contributed by atoms with E-state index in [1.54, 1.807) is 7.11 Å². The number of methoxy groups -OCH3 is 1. The predicted octanol–water partition coefficient (Wildman–Crippen LogP) is 2.78. The smallest absolute Gasteiger partial charge is 0.126 e. The van der Waals surface area contributed by atoms with Crippen LogP contribution in [0.1, 0.15) is 30.9 Å². The van der Waals surface area contributed by atoms with Crippen molar-refractivity contribution in [3.63, 3.8) is 0 Å². The molecule has 1 aromatic carbocycles. The maximum absolute atomic E-state index is 5.80. The number of ether oxygens (including phenoxy) is 2. The number of hydrogen-bond acceptors (Lipinski definition) is 3. The summed E-state index contributed by atoms with van der Waals surface area (Å²) in [4.78, 5) is 0. The van der Waals surface area contributed by atoms with E-state index in [2.05, 4.69) is 36.5 Å². The summed E-state index contributed by atoms with van der Waals surface area (Å²) >= 11 is 0. The molecule has 1 N–H and O–H groups in total. The van der Waals surface area contributed by atoms with Crippen LogP contribution in [0.3, 0.4) is 0 Å². The van der Waals surface area contributed by atoms with Crippen LogP contribution in [-0.2, 0) is 6.42 Å². The topological polar surface area (TPSA) is 30.5 Å². The molecule has 2 aliphatic rings. The van der Waals surface area contributed by atoms with Gasteiger partial charge < -0.3 is 14.8 Å². The molecule has 1 heterocycles. The van der Waals surface area contributed by atoms with Crippen molar-refractivity contribution in [2.24, 2.45) is 0 Å². The lowest BCUT2D eigenvalue weighted by Gasteiger charge is -2.08. The van der Waals surface area contributed by atoms with Gasteiger partial charge in [-0.1, -0.05) is 12.2 Å². The van der Waals surface area contributed by atoms with E-state index in [1.165, 1.54) is 18.4 Å². The number of rotatable bonds is 5. The summed E-state index contributed by atoms with van der Waals surface area (Å²) in [7, 11) is 1.72. The molecule has 0 spiro atoms. The van der Waals surface area contributed by atoms with Crippen LogP contribution in [0.5, 0.6) is 11.5 Å². The molecule has 1 aromatic rings. The molecule has 0 amide bonds. The highest BCUT2D eigenvalue weighted by Gasteiger charge is 2.21. The van der Waals surface area contributed by atoms with Gasteiger partial charge in [-0.3, -0.25) is 0 Å². The summed E-state index contributed by atoms with van der Waals surface area (Å²) in [6.45, 7) is 3.02. The average molecular weight is 259 g/mol. The Balaban J connectivity index is 1.73. The number of hydrogen-bond donors (Lipinski definition) is 1. The molecule has 0 aromatic heterocycles. The van der Waals surface area contributed by atoms with E-state index in [9.17, 15) is 0 Å². The first kappa shape index (κ1) is 12.5. The minimum Gasteiger partial charge on any atom is -0.496 e. The first-order valence-corrected chi connectivity index (χ1v) is 7.04. The highest BCUT2D eigenvalue weighted by Crippen LogP contribution is 2.35. The van der Waals surface area contributed by atoms with Crippen molar-refractivity contribution in [3.8, 4) is 11.5 Å². The van der Waals surface area contributed by atoms with E-state index >= 15 is 0 Å². The van der Waals surface area contributed by atoms with Crippen LogP contribution in [0.25, 0.3) is 6.08 Å². The second-order valence-corrected chi connectivity index (χ2v) is 5.42. The Bertz CT molecular complexity index is 492. The van der Waals surface area contributed by atoms with E-state index in [4.69, 9.17) is 9.47 Å². The Morgan fingerprint density at radius 3 is 3.00 bits per heavy atom. The SMILES string of the molecule is COc1cc2c(cc1/C=C/CNC1CC1)OC(C)C2. The quantitative estimate of drug-likeness (QED) is 0.882. The van der Waals surface area contributed by atoms with Gasteiger partial charge in [-0.15, -0.1) is 0 Å². The first-order chi connectivity index (χ1) is 9.26. The van der Waals surface area contributed by atoms with Crippen molar-refractivity contribution in [1.82, 2.24) is 5.32 Å². The van der Waals surface area contributed by atoms with Crippen molar-refractivity contribution >= 4 is 6.08 Å². The Labute approximate surface area is 114 Å². The van der Waals surface area contributed by atoms with E-state index in [0.717, 1.165) is 36.1 Å². The van der Waals surface area contributed by atoms with Crippen molar-refractivity contribution in [2.75, 3.05) is 13.7 Å².